The summed E-state index contributed by atoms with van der Waals surface area (Å²) in [6.07, 6.45) is 3.08. The van der Waals surface area contributed by atoms with Gasteiger partial charge in [0.05, 0.1) is 12.9 Å². The molecule has 8 nitrogen and oxygen atoms in total. The minimum atomic E-state index is -2.91. The van der Waals surface area contributed by atoms with E-state index in [2.05, 4.69) is 20.4 Å². The monoisotopic (exact) mass is 380 g/mol. The Balaban J connectivity index is 1.52. The lowest BCUT2D eigenvalue weighted by Crippen LogP contribution is -2.41. The van der Waals surface area contributed by atoms with Crippen molar-refractivity contribution in [1.82, 2.24) is 15.0 Å². The molecular weight excluding hydrogens is 356 g/mol. The van der Waals surface area contributed by atoms with Crippen LogP contribution >= 0.6 is 0 Å². The molecule has 1 aromatic carbocycles. The molecule has 0 saturated carbocycles. The lowest BCUT2D eigenvalue weighted by Gasteiger charge is -2.31. The second kappa shape index (κ2) is 8.05. The highest BCUT2D eigenvalue weighted by Gasteiger charge is 2.21. The molecule has 9 heteroatoms. The van der Waals surface area contributed by atoms with E-state index in [1.54, 1.807) is 7.11 Å². The first kappa shape index (κ1) is 18.7. The maximum Gasteiger partial charge on any atom is 0.322 e. The number of ether oxygens (including phenoxy) is 1. The zero-order valence-corrected chi connectivity index (χ0v) is 15.8. The fourth-order valence-electron chi connectivity index (χ4n) is 2.93. The quantitative estimate of drug-likeness (QED) is 0.775. The number of nitrogens with one attached hydrogen (secondary N) is 1. The molecule has 0 unspecified atom stereocenters. The maximum atomic E-state index is 11.3. The highest BCUT2D eigenvalue weighted by molar-refractivity contribution is 7.90. The van der Waals surface area contributed by atoms with Crippen molar-refractivity contribution in [2.24, 2.45) is 0 Å². The Labute approximate surface area is 153 Å². The number of hydrogen-bond acceptors (Lipinski definition) is 8. The molecule has 1 aromatic heterocycles. The third-order valence-corrected chi connectivity index (χ3v) is 5.37. The second-order valence-corrected chi connectivity index (χ2v) is 8.80. The predicted molar refractivity (Wildman–Crippen MR) is 99.1 cm³/mol. The summed E-state index contributed by atoms with van der Waals surface area (Å²) in [4.78, 5) is 6.58. The van der Waals surface area contributed by atoms with Gasteiger partial charge in [0.25, 0.3) is 0 Å². The number of anilines is 1. The molecule has 1 saturated heterocycles. The number of sulfone groups is 1. The van der Waals surface area contributed by atoms with Crippen molar-refractivity contribution in [2.45, 2.75) is 18.9 Å². The summed E-state index contributed by atoms with van der Waals surface area (Å²) in [5.41, 5.74) is 0.830. The van der Waals surface area contributed by atoms with E-state index in [0.717, 1.165) is 37.2 Å². The molecule has 0 atom stereocenters. The van der Waals surface area contributed by atoms with Gasteiger partial charge in [-0.15, -0.1) is 0 Å². The molecule has 2 aromatic rings. The number of benzene rings is 1. The third-order valence-electron chi connectivity index (χ3n) is 4.45. The fourth-order valence-corrected chi connectivity index (χ4v) is 3.52. The van der Waals surface area contributed by atoms with E-state index in [4.69, 9.17) is 9.26 Å². The molecular formula is C17H24N4O4S. The van der Waals surface area contributed by atoms with Crippen LogP contribution in [0.3, 0.4) is 0 Å². The topological polar surface area (TPSA) is 97.6 Å². The van der Waals surface area contributed by atoms with Crippen molar-refractivity contribution in [3.05, 3.63) is 24.3 Å². The van der Waals surface area contributed by atoms with Crippen LogP contribution in [0.2, 0.25) is 0 Å². The number of piperidine rings is 1. The maximum absolute atomic E-state index is 11.3. The van der Waals surface area contributed by atoms with Gasteiger partial charge in [-0.1, -0.05) is 17.3 Å². The molecule has 3 rings (SSSR count). The molecule has 0 aliphatic carbocycles. The van der Waals surface area contributed by atoms with E-state index in [1.165, 1.54) is 6.26 Å². The van der Waals surface area contributed by atoms with Crippen molar-refractivity contribution < 1.29 is 17.7 Å². The van der Waals surface area contributed by atoms with E-state index in [-0.39, 0.29) is 11.8 Å². The summed E-state index contributed by atoms with van der Waals surface area (Å²) in [5, 5.41) is 7.29. The number of nitrogens with zero attached hydrogens (tertiary/aromatic N) is 3. The third kappa shape index (κ3) is 5.18. The summed E-state index contributed by atoms with van der Waals surface area (Å²) >= 11 is 0. The second-order valence-electron chi connectivity index (χ2n) is 6.55. The molecule has 0 amide bonds. The summed E-state index contributed by atoms with van der Waals surface area (Å²) in [7, 11) is -1.30. The zero-order chi connectivity index (χ0) is 18.6. The molecule has 0 radical (unpaired) electrons. The Morgan fingerprint density at radius 3 is 2.81 bits per heavy atom. The molecule has 1 aliphatic rings. The SMILES string of the molecule is COc1cccc(-c2noc(NC3CCN(CCS(C)(=O)=O)CC3)n2)c1. The van der Waals surface area contributed by atoms with Gasteiger partial charge in [-0.2, -0.15) is 4.98 Å². The number of hydrogen-bond donors (Lipinski definition) is 1. The van der Waals surface area contributed by atoms with Gasteiger partial charge in [0.1, 0.15) is 15.6 Å². The lowest BCUT2D eigenvalue weighted by atomic mass is 10.1. The molecule has 2 heterocycles. The van der Waals surface area contributed by atoms with E-state index in [0.29, 0.717) is 18.4 Å². The molecule has 0 spiro atoms. The van der Waals surface area contributed by atoms with E-state index < -0.39 is 9.84 Å². The van der Waals surface area contributed by atoms with Crippen LogP contribution in [0.5, 0.6) is 5.75 Å². The van der Waals surface area contributed by atoms with Gasteiger partial charge in [-0.25, -0.2) is 8.42 Å². The smallest absolute Gasteiger partial charge is 0.322 e. The highest BCUT2D eigenvalue weighted by atomic mass is 32.2. The molecule has 0 bridgehead atoms. The van der Waals surface area contributed by atoms with Crippen molar-refractivity contribution >= 4 is 15.9 Å². The van der Waals surface area contributed by atoms with Gasteiger partial charge in [0, 0.05) is 37.5 Å². The number of aromatic nitrogens is 2. The van der Waals surface area contributed by atoms with Crippen LogP contribution in [-0.4, -0.2) is 68.3 Å². The first-order valence-corrected chi connectivity index (χ1v) is 10.6. The Kier molecular flexibility index (Phi) is 5.77. The number of likely N-dealkylation sites (tertiary alicyclic amines) is 1. The Morgan fingerprint density at radius 1 is 1.35 bits per heavy atom. The Hall–Kier alpha value is -2.13. The van der Waals surface area contributed by atoms with E-state index in [1.807, 2.05) is 24.3 Å². The molecule has 1 fully saturated rings. The van der Waals surface area contributed by atoms with Gasteiger partial charge < -0.3 is 19.5 Å². The first-order chi connectivity index (χ1) is 12.4. The van der Waals surface area contributed by atoms with Gasteiger partial charge >= 0.3 is 6.01 Å². The van der Waals surface area contributed by atoms with Gasteiger partial charge in [-0.05, 0) is 25.0 Å². The highest BCUT2D eigenvalue weighted by Crippen LogP contribution is 2.23. The van der Waals surface area contributed by atoms with Crippen LogP contribution in [0.4, 0.5) is 6.01 Å². The van der Waals surface area contributed by atoms with Crippen molar-refractivity contribution in [3.8, 4) is 17.1 Å². The summed E-state index contributed by atoms with van der Waals surface area (Å²) < 4.78 is 33.0. The van der Waals surface area contributed by atoms with Crippen LogP contribution in [0.1, 0.15) is 12.8 Å². The van der Waals surface area contributed by atoms with Gasteiger partial charge in [-0.3, -0.25) is 0 Å². The zero-order valence-electron chi connectivity index (χ0n) is 15.0. The van der Waals surface area contributed by atoms with Gasteiger partial charge in [0.15, 0.2) is 0 Å². The summed E-state index contributed by atoms with van der Waals surface area (Å²) in [6, 6.07) is 8.14. The van der Waals surface area contributed by atoms with E-state index >= 15 is 0 Å². The minimum Gasteiger partial charge on any atom is -0.497 e. The Bertz CT molecular complexity index is 829. The van der Waals surface area contributed by atoms with Crippen LogP contribution in [0.25, 0.3) is 11.4 Å². The molecule has 26 heavy (non-hydrogen) atoms. The largest absolute Gasteiger partial charge is 0.497 e. The minimum absolute atomic E-state index is 0.207. The van der Waals surface area contributed by atoms with Crippen LogP contribution in [0, 0.1) is 0 Å². The summed E-state index contributed by atoms with van der Waals surface area (Å²) in [6.45, 7) is 2.29. The number of methoxy groups -OCH3 is 1. The fraction of sp³-hybridized carbons (Fsp3) is 0.529. The Morgan fingerprint density at radius 2 is 2.12 bits per heavy atom. The summed E-state index contributed by atoms with van der Waals surface area (Å²) in [5.74, 6) is 1.46. The normalized spacial score (nSPS) is 16.5. The van der Waals surface area contributed by atoms with Crippen LogP contribution in [0.15, 0.2) is 28.8 Å². The van der Waals surface area contributed by atoms with Crippen LogP contribution in [-0.2, 0) is 9.84 Å². The molecule has 142 valence electrons. The number of rotatable bonds is 7. The first-order valence-electron chi connectivity index (χ1n) is 8.58. The van der Waals surface area contributed by atoms with Crippen molar-refractivity contribution in [1.29, 1.82) is 0 Å². The molecule has 1 N–H and O–H groups in total. The molecule has 1 aliphatic heterocycles. The standard InChI is InChI=1S/C17H24N4O4S/c1-24-15-5-3-4-13(12-15)16-19-17(25-20-16)18-14-6-8-21(9-7-14)10-11-26(2,22)23/h3-5,12,14H,6-11H2,1-2H3,(H,18,19,20). The average Bonchev–Trinajstić information content (AvgIpc) is 3.09. The lowest BCUT2D eigenvalue weighted by molar-refractivity contribution is 0.228. The van der Waals surface area contributed by atoms with Crippen molar-refractivity contribution in [3.63, 3.8) is 0 Å². The van der Waals surface area contributed by atoms with E-state index in [9.17, 15) is 8.42 Å². The predicted octanol–water partition coefficient (Wildman–Crippen LogP) is 1.67. The van der Waals surface area contributed by atoms with Gasteiger partial charge in [0.2, 0.25) is 5.82 Å². The van der Waals surface area contributed by atoms with Crippen molar-refractivity contribution in [2.75, 3.05) is 44.1 Å². The average molecular weight is 380 g/mol. The van der Waals surface area contributed by atoms with Crippen LogP contribution < -0.4 is 10.1 Å².